The standard InChI is InChI=1S/C22H21ClN4O4/c1-30-15-6-3-13(4-7-15)20-19-18(24-12-25-19)9-10-27(20)22(29)26-14-5-8-17(23)16(11-14)21(28)31-2/h3-8,11-12,20H,9-10H2,1-2H3,(H,24,25)(H,26,29)/t20-/m0/s1. The number of hydrogen-bond acceptors (Lipinski definition) is 5. The number of ether oxygens (including phenoxy) is 2. The molecule has 4 rings (SSSR count). The first-order valence-corrected chi connectivity index (χ1v) is 10.0. The van der Waals surface area contributed by atoms with Crippen LogP contribution in [0.15, 0.2) is 48.8 Å². The Morgan fingerprint density at radius 3 is 2.68 bits per heavy atom. The van der Waals surface area contributed by atoms with Gasteiger partial charge in [0, 0.05) is 24.3 Å². The van der Waals surface area contributed by atoms with Crippen LogP contribution in [0.1, 0.15) is 33.4 Å². The molecule has 0 fully saturated rings. The van der Waals surface area contributed by atoms with Crippen LogP contribution in [0.3, 0.4) is 0 Å². The van der Waals surface area contributed by atoms with Crippen LogP contribution in [0.2, 0.25) is 5.02 Å². The van der Waals surface area contributed by atoms with E-state index in [0.29, 0.717) is 18.7 Å². The molecule has 0 aliphatic carbocycles. The highest BCUT2D eigenvalue weighted by atomic mass is 35.5. The van der Waals surface area contributed by atoms with Crippen molar-refractivity contribution in [1.82, 2.24) is 14.9 Å². The monoisotopic (exact) mass is 440 g/mol. The molecule has 0 spiro atoms. The molecule has 0 saturated carbocycles. The molecule has 9 heteroatoms. The number of fused-ring (bicyclic) bond motifs is 1. The summed E-state index contributed by atoms with van der Waals surface area (Å²) in [6, 6.07) is 11.6. The molecule has 1 aliphatic rings. The van der Waals surface area contributed by atoms with Crippen LogP contribution in [-0.2, 0) is 11.2 Å². The number of hydrogen-bond donors (Lipinski definition) is 2. The van der Waals surface area contributed by atoms with Gasteiger partial charge in [-0.15, -0.1) is 0 Å². The fourth-order valence-corrected chi connectivity index (χ4v) is 3.88. The van der Waals surface area contributed by atoms with Crippen molar-refractivity contribution in [2.45, 2.75) is 12.5 Å². The predicted octanol–water partition coefficient (Wildman–Crippen LogP) is 4.04. The molecule has 8 nitrogen and oxygen atoms in total. The summed E-state index contributed by atoms with van der Waals surface area (Å²) in [6.07, 6.45) is 2.30. The minimum absolute atomic E-state index is 0.182. The van der Waals surface area contributed by atoms with Gasteiger partial charge in [-0.3, -0.25) is 0 Å². The number of carbonyl (C=O) groups excluding carboxylic acids is 2. The van der Waals surface area contributed by atoms with Crippen molar-refractivity contribution in [3.63, 3.8) is 0 Å². The maximum atomic E-state index is 13.2. The van der Waals surface area contributed by atoms with Crippen LogP contribution in [0.5, 0.6) is 5.75 Å². The SMILES string of the molecule is COC(=O)c1cc(NC(=O)N2CCc3[nH]cnc3[C@@H]2c2ccc(OC)cc2)ccc1Cl. The number of benzene rings is 2. The van der Waals surface area contributed by atoms with Crippen molar-refractivity contribution in [2.75, 3.05) is 26.1 Å². The number of imidazole rings is 1. The Labute approximate surface area is 184 Å². The second kappa shape index (κ2) is 8.69. The van der Waals surface area contributed by atoms with E-state index in [4.69, 9.17) is 21.1 Å². The third kappa shape index (κ3) is 4.06. The number of halogens is 1. The highest BCUT2D eigenvalue weighted by molar-refractivity contribution is 6.33. The van der Waals surface area contributed by atoms with Crippen LogP contribution in [-0.4, -0.2) is 47.6 Å². The quantitative estimate of drug-likeness (QED) is 0.597. The maximum Gasteiger partial charge on any atom is 0.339 e. The molecule has 2 amide bonds. The second-order valence-electron chi connectivity index (χ2n) is 7.00. The molecule has 2 heterocycles. The van der Waals surface area contributed by atoms with Crippen molar-refractivity contribution in [2.24, 2.45) is 0 Å². The van der Waals surface area contributed by atoms with E-state index in [-0.39, 0.29) is 22.7 Å². The zero-order chi connectivity index (χ0) is 22.0. The molecule has 0 unspecified atom stereocenters. The Balaban J connectivity index is 1.64. The van der Waals surface area contributed by atoms with E-state index >= 15 is 0 Å². The van der Waals surface area contributed by atoms with Gasteiger partial charge in [-0.2, -0.15) is 0 Å². The van der Waals surface area contributed by atoms with Crippen LogP contribution < -0.4 is 10.1 Å². The van der Waals surface area contributed by atoms with Gasteiger partial charge in [0.1, 0.15) is 11.8 Å². The number of aromatic nitrogens is 2. The molecule has 1 aliphatic heterocycles. The number of nitrogens with zero attached hydrogens (tertiary/aromatic N) is 2. The van der Waals surface area contributed by atoms with Gasteiger partial charge >= 0.3 is 12.0 Å². The molecular weight excluding hydrogens is 420 g/mol. The van der Waals surface area contributed by atoms with Crippen LogP contribution in [0, 0.1) is 0 Å². The molecule has 1 aromatic heterocycles. The predicted molar refractivity (Wildman–Crippen MR) is 116 cm³/mol. The van der Waals surface area contributed by atoms with Crippen molar-refractivity contribution < 1.29 is 19.1 Å². The number of aromatic amines is 1. The first-order valence-electron chi connectivity index (χ1n) is 9.63. The molecule has 2 N–H and O–H groups in total. The van der Waals surface area contributed by atoms with Crippen LogP contribution in [0.25, 0.3) is 0 Å². The Kier molecular flexibility index (Phi) is 5.81. The van der Waals surface area contributed by atoms with E-state index in [0.717, 1.165) is 22.7 Å². The number of urea groups is 1. The summed E-state index contributed by atoms with van der Waals surface area (Å²) in [5.41, 5.74) is 3.34. The van der Waals surface area contributed by atoms with E-state index in [9.17, 15) is 9.59 Å². The molecular formula is C22H21ClN4O4. The van der Waals surface area contributed by atoms with Gasteiger partial charge in [-0.25, -0.2) is 14.6 Å². The molecule has 31 heavy (non-hydrogen) atoms. The summed E-state index contributed by atoms with van der Waals surface area (Å²) in [5, 5.41) is 3.11. The summed E-state index contributed by atoms with van der Waals surface area (Å²) >= 11 is 6.08. The van der Waals surface area contributed by atoms with E-state index in [2.05, 4.69) is 15.3 Å². The molecule has 160 valence electrons. The molecule has 2 aromatic carbocycles. The number of rotatable bonds is 4. The number of amides is 2. The van der Waals surface area contributed by atoms with Gasteiger partial charge in [-0.05, 0) is 35.9 Å². The maximum absolute atomic E-state index is 13.2. The number of anilines is 1. The smallest absolute Gasteiger partial charge is 0.339 e. The van der Waals surface area contributed by atoms with E-state index in [1.165, 1.54) is 13.2 Å². The number of esters is 1. The Morgan fingerprint density at radius 2 is 1.97 bits per heavy atom. The van der Waals surface area contributed by atoms with E-state index in [1.54, 1.807) is 30.5 Å². The first-order chi connectivity index (χ1) is 15.0. The summed E-state index contributed by atoms with van der Waals surface area (Å²) in [5.74, 6) is 0.158. The Bertz CT molecular complexity index is 1110. The normalized spacial score (nSPS) is 15.2. The fourth-order valence-electron chi connectivity index (χ4n) is 3.68. The lowest BCUT2D eigenvalue weighted by Gasteiger charge is -2.35. The summed E-state index contributed by atoms with van der Waals surface area (Å²) in [7, 11) is 2.88. The van der Waals surface area contributed by atoms with Gasteiger partial charge in [0.05, 0.1) is 36.8 Å². The third-order valence-corrected chi connectivity index (χ3v) is 5.57. The highest BCUT2D eigenvalue weighted by Crippen LogP contribution is 2.34. The third-order valence-electron chi connectivity index (χ3n) is 5.24. The summed E-state index contributed by atoms with van der Waals surface area (Å²) in [4.78, 5) is 34.5. The molecule has 0 saturated heterocycles. The highest BCUT2D eigenvalue weighted by Gasteiger charge is 2.34. The topological polar surface area (TPSA) is 96.6 Å². The average Bonchev–Trinajstić information content (AvgIpc) is 3.28. The van der Waals surface area contributed by atoms with Gasteiger partial charge in [0.2, 0.25) is 0 Å². The minimum Gasteiger partial charge on any atom is -0.497 e. The number of carbonyl (C=O) groups is 2. The van der Waals surface area contributed by atoms with Gasteiger partial charge < -0.3 is 24.7 Å². The summed E-state index contributed by atoms with van der Waals surface area (Å²) in [6.45, 7) is 0.495. The van der Waals surface area contributed by atoms with Gasteiger partial charge in [0.15, 0.2) is 0 Å². The van der Waals surface area contributed by atoms with Crippen molar-refractivity contribution in [3.05, 3.63) is 76.3 Å². The molecule has 0 radical (unpaired) electrons. The summed E-state index contributed by atoms with van der Waals surface area (Å²) < 4.78 is 10.00. The molecule has 1 atom stereocenters. The van der Waals surface area contributed by atoms with Crippen molar-refractivity contribution in [1.29, 1.82) is 0 Å². The lowest BCUT2D eigenvalue weighted by Crippen LogP contribution is -2.43. The van der Waals surface area contributed by atoms with Crippen LogP contribution >= 0.6 is 11.6 Å². The lowest BCUT2D eigenvalue weighted by molar-refractivity contribution is 0.0601. The second-order valence-corrected chi connectivity index (χ2v) is 7.41. The number of methoxy groups -OCH3 is 2. The fraction of sp³-hybridized carbons (Fsp3) is 0.227. The van der Waals surface area contributed by atoms with Gasteiger partial charge in [-0.1, -0.05) is 23.7 Å². The first kappa shape index (κ1) is 20.7. The Morgan fingerprint density at radius 1 is 1.19 bits per heavy atom. The molecule has 0 bridgehead atoms. The molecule has 3 aromatic rings. The van der Waals surface area contributed by atoms with E-state index in [1.807, 2.05) is 24.3 Å². The van der Waals surface area contributed by atoms with Gasteiger partial charge in [0.25, 0.3) is 0 Å². The minimum atomic E-state index is -0.573. The number of nitrogens with one attached hydrogen (secondary N) is 2. The zero-order valence-corrected chi connectivity index (χ0v) is 17.8. The zero-order valence-electron chi connectivity index (χ0n) is 17.0. The number of H-pyrrole nitrogens is 1. The van der Waals surface area contributed by atoms with Crippen molar-refractivity contribution in [3.8, 4) is 5.75 Å². The average molecular weight is 441 g/mol. The van der Waals surface area contributed by atoms with Crippen molar-refractivity contribution >= 4 is 29.3 Å². The van der Waals surface area contributed by atoms with Crippen LogP contribution in [0.4, 0.5) is 10.5 Å². The lowest BCUT2D eigenvalue weighted by atomic mass is 9.96. The van der Waals surface area contributed by atoms with E-state index < -0.39 is 5.97 Å². The largest absolute Gasteiger partial charge is 0.497 e. The Hall–Kier alpha value is -3.52.